The van der Waals surface area contributed by atoms with Gasteiger partial charge in [-0.2, -0.15) is 0 Å². The number of amides is 3. The van der Waals surface area contributed by atoms with Gasteiger partial charge in [-0.15, -0.1) is 0 Å². The standard InChI is InChI=1S/3C12H12N2O2/c1-8-3-5-10(6-4-8)13-12(15)11-7-9(2)16-14-11;1-8-4-3-5-10(6-8)13-12(15)11-7-9(2)16-14-11;1-8-5-3-4-6-10(8)13-12(15)11-7-9(2)16-14-11/h3*3-7H,1-2H3,(H,13,15). The van der Waals surface area contributed by atoms with Gasteiger partial charge >= 0.3 is 0 Å². The third-order valence-electron chi connectivity index (χ3n) is 6.56. The average Bonchev–Trinajstić information content (AvgIpc) is 3.81. The second-order valence-corrected chi connectivity index (χ2v) is 10.9. The van der Waals surface area contributed by atoms with E-state index in [0.29, 0.717) is 28.7 Å². The first-order valence-electron chi connectivity index (χ1n) is 14.9. The van der Waals surface area contributed by atoms with Crippen LogP contribution in [0.4, 0.5) is 17.1 Å². The molecule has 3 N–H and O–H groups in total. The third-order valence-corrected chi connectivity index (χ3v) is 6.56. The summed E-state index contributed by atoms with van der Waals surface area (Å²) in [7, 11) is 0. The van der Waals surface area contributed by atoms with Crippen molar-refractivity contribution in [1.29, 1.82) is 0 Å². The van der Waals surface area contributed by atoms with E-state index in [1.165, 1.54) is 0 Å². The molecule has 0 unspecified atom stereocenters. The van der Waals surface area contributed by atoms with E-state index in [4.69, 9.17) is 13.6 Å². The van der Waals surface area contributed by atoms with Crippen molar-refractivity contribution in [3.63, 3.8) is 0 Å². The highest BCUT2D eigenvalue weighted by atomic mass is 16.5. The van der Waals surface area contributed by atoms with Crippen molar-refractivity contribution in [1.82, 2.24) is 15.5 Å². The molecular formula is C36H36N6O6. The van der Waals surface area contributed by atoms with Crippen molar-refractivity contribution in [2.45, 2.75) is 41.5 Å². The smallest absolute Gasteiger partial charge is 0.277 e. The molecule has 48 heavy (non-hydrogen) atoms. The van der Waals surface area contributed by atoms with Crippen molar-refractivity contribution in [2.24, 2.45) is 0 Å². The number of hydrogen-bond donors (Lipinski definition) is 3. The van der Waals surface area contributed by atoms with Crippen LogP contribution in [0.1, 0.15) is 65.4 Å². The average molecular weight is 649 g/mol. The minimum atomic E-state index is -0.263. The number of nitrogens with zero attached hydrogens (tertiary/aromatic N) is 3. The molecule has 3 heterocycles. The Bertz CT molecular complexity index is 1990. The summed E-state index contributed by atoms with van der Waals surface area (Å²) in [5.41, 5.74) is 6.41. The molecule has 246 valence electrons. The van der Waals surface area contributed by atoms with E-state index in [2.05, 4.69) is 31.4 Å². The Morgan fingerprint density at radius 1 is 0.479 bits per heavy atom. The predicted octanol–water partition coefficient (Wildman–Crippen LogP) is 7.63. The van der Waals surface area contributed by atoms with Gasteiger partial charge in [0.05, 0.1) is 0 Å². The zero-order chi connectivity index (χ0) is 34.6. The number of carbonyl (C=O) groups is 3. The number of aryl methyl sites for hydroxylation is 6. The van der Waals surface area contributed by atoms with Gasteiger partial charge in [-0.25, -0.2) is 0 Å². The summed E-state index contributed by atoms with van der Waals surface area (Å²) in [5, 5.41) is 19.2. The molecule has 0 radical (unpaired) electrons. The molecule has 0 saturated carbocycles. The van der Waals surface area contributed by atoms with Gasteiger partial charge in [0, 0.05) is 35.3 Å². The molecule has 0 saturated heterocycles. The number of benzene rings is 3. The Morgan fingerprint density at radius 2 is 0.958 bits per heavy atom. The van der Waals surface area contributed by atoms with E-state index in [0.717, 1.165) is 33.8 Å². The lowest BCUT2D eigenvalue weighted by Crippen LogP contribution is -2.12. The number of anilines is 3. The fourth-order valence-electron chi connectivity index (χ4n) is 4.07. The van der Waals surface area contributed by atoms with Crippen LogP contribution in [0.15, 0.2) is 105 Å². The Balaban J connectivity index is 0.000000163. The van der Waals surface area contributed by atoms with Crippen LogP contribution in [0, 0.1) is 41.5 Å². The Hall–Kier alpha value is -6.30. The summed E-state index contributed by atoms with van der Waals surface area (Å²) in [6, 6.07) is 27.5. The molecular weight excluding hydrogens is 612 g/mol. The molecule has 6 aromatic rings. The third kappa shape index (κ3) is 10.4. The highest BCUT2D eigenvalue weighted by Crippen LogP contribution is 2.15. The monoisotopic (exact) mass is 648 g/mol. The maximum absolute atomic E-state index is 11.7. The quantitative estimate of drug-likeness (QED) is 0.165. The highest BCUT2D eigenvalue weighted by molar-refractivity contribution is 6.04. The van der Waals surface area contributed by atoms with Crippen LogP contribution in [0.25, 0.3) is 0 Å². The number of hydrogen-bond acceptors (Lipinski definition) is 9. The summed E-state index contributed by atoms with van der Waals surface area (Å²) in [5.74, 6) is 1.08. The molecule has 0 aliphatic heterocycles. The number of para-hydroxylation sites is 1. The summed E-state index contributed by atoms with van der Waals surface area (Å²) in [6.45, 7) is 11.1. The normalized spacial score (nSPS) is 10.1. The Morgan fingerprint density at radius 3 is 1.42 bits per heavy atom. The number of carbonyl (C=O) groups excluding carboxylic acids is 3. The minimum Gasteiger partial charge on any atom is -0.361 e. The number of aromatic nitrogens is 3. The van der Waals surface area contributed by atoms with Gasteiger partial charge in [-0.05, 0) is 83.0 Å². The molecule has 0 spiro atoms. The van der Waals surface area contributed by atoms with Crippen LogP contribution in [-0.2, 0) is 0 Å². The van der Waals surface area contributed by atoms with E-state index in [9.17, 15) is 14.4 Å². The Kier molecular flexibility index (Phi) is 11.8. The van der Waals surface area contributed by atoms with Gasteiger partial charge in [0.2, 0.25) is 0 Å². The van der Waals surface area contributed by atoms with Crippen molar-refractivity contribution in [3.8, 4) is 0 Å². The molecule has 0 bridgehead atoms. The molecule has 0 atom stereocenters. The molecule has 0 aliphatic rings. The van der Waals surface area contributed by atoms with Crippen LogP contribution in [-0.4, -0.2) is 33.2 Å². The lowest BCUT2D eigenvalue weighted by molar-refractivity contribution is 0.101. The van der Waals surface area contributed by atoms with Crippen LogP contribution >= 0.6 is 0 Å². The largest absolute Gasteiger partial charge is 0.361 e. The van der Waals surface area contributed by atoms with Gasteiger partial charge in [0.25, 0.3) is 17.7 Å². The minimum absolute atomic E-state index is 0.258. The van der Waals surface area contributed by atoms with Gasteiger partial charge in [0.1, 0.15) is 17.3 Å². The molecule has 0 fully saturated rings. The van der Waals surface area contributed by atoms with Gasteiger partial charge < -0.3 is 29.5 Å². The van der Waals surface area contributed by atoms with Crippen molar-refractivity contribution in [3.05, 3.63) is 142 Å². The van der Waals surface area contributed by atoms with E-state index in [1.807, 2.05) is 93.6 Å². The van der Waals surface area contributed by atoms with Crippen LogP contribution < -0.4 is 16.0 Å². The second-order valence-electron chi connectivity index (χ2n) is 10.9. The SMILES string of the molecule is Cc1cc(C(=O)Nc2ccccc2C)no1.Cc1ccc(NC(=O)c2cc(C)on2)cc1.Cc1cccc(NC(=O)c2cc(C)on2)c1. The fourth-order valence-corrected chi connectivity index (χ4v) is 4.07. The van der Waals surface area contributed by atoms with E-state index >= 15 is 0 Å². The lowest BCUT2D eigenvalue weighted by Gasteiger charge is -2.05. The van der Waals surface area contributed by atoms with Crippen LogP contribution in [0.2, 0.25) is 0 Å². The fraction of sp³-hybridized carbons (Fsp3) is 0.167. The predicted molar refractivity (Wildman–Crippen MR) is 181 cm³/mol. The summed E-state index contributed by atoms with van der Waals surface area (Å²) >= 11 is 0. The molecule has 12 heteroatoms. The summed E-state index contributed by atoms with van der Waals surface area (Å²) < 4.78 is 14.5. The molecule has 3 aromatic heterocycles. The second kappa shape index (κ2) is 16.3. The molecule has 0 aliphatic carbocycles. The molecule has 3 aromatic carbocycles. The van der Waals surface area contributed by atoms with Crippen LogP contribution in [0.3, 0.4) is 0 Å². The first kappa shape index (κ1) is 34.6. The highest BCUT2D eigenvalue weighted by Gasteiger charge is 2.13. The van der Waals surface area contributed by atoms with Gasteiger partial charge in [-0.3, -0.25) is 14.4 Å². The number of nitrogens with one attached hydrogen (secondary N) is 3. The van der Waals surface area contributed by atoms with Crippen molar-refractivity contribution >= 4 is 34.8 Å². The van der Waals surface area contributed by atoms with Gasteiger partial charge in [-0.1, -0.05) is 63.5 Å². The van der Waals surface area contributed by atoms with E-state index < -0.39 is 0 Å². The molecule has 3 amide bonds. The van der Waals surface area contributed by atoms with Crippen molar-refractivity contribution in [2.75, 3.05) is 16.0 Å². The molecule has 6 rings (SSSR count). The number of rotatable bonds is 6. The maximum Gasteiger partial charge on any atom is 0.277 e. The first-order valence-corrected chi connectivity index (χ1v) is 14.9. The van der Waals surface area contributed by atoms with E-state index in [-0.39, 0.29) is 23.4 Å². The van der Waals surface area contributed by atoms with E-state index in [1.54, 1.807) is 39.0 Å². The molecule has 12 nitrogen and oxygen atoms in total. The zero-order valence-corrected chi connectivity index (χ0v) is 27.5. The maximum atomic E-state index is 11.7. The van der Waals surface area contributed by atoms with Gasteiger partial charge in [0.15, 0.2) is 17.1 Å². The first-order chi connectivity index (χ1) is 23.0. The Labute approximate surface area is 277 Å². The van der Waals surface area contributed by atoms with Crippen LogP contribution in [0.5, 0.6) is 0 Å². The van der Waals surface area contributed by atoms with Crippen molar-refractivity contribution < 1.29 is 28.0 Å². The zero-order valence-electron chi connectivity index (χ0n) is 27.5. The summed E-state index contributed by atoms with van der Waals surface area (Å²) in [4.78, 5) is 35.1. The topological polar surface area (TPSA) is 165 Å². The summed E-state index contributed by atoms with van der Waals surface area (Å²) in [6.07, 6.45) is 0. The lowest BCUT2D eigenvalue weighted by atomic mass is 10.2.